The molecule has 2 N–H and O–H groups in total. The van der Waals surface area contributed by atoms with Gasteiger partial charge < -0.3 is 14.9 Å². The van der Waals surface area contributed by atoms with Crippen LogP contribution in [-0.4, -0.2) is 39.2 Å². The molecule has 0 bridgehead atoms. The van der Waals surface area contributed by atoms with Crippen LogP contribution in [0.2, 0.25) is 0 Å². The summed E-state index contributed by atoms with van der Waals surface area (Å²) in [6.07, 6.45) is 2.94. The quantitative estimate of drug-likeness (QED) is 0.751. The van der Waals surface area contributed by atoms with Crippen molar-refractivity contribution in [3.8, 4) is 5.75 Å². The third-order valence-corrected chi connectivity index (χ3v) is 2.48. The average Bonchev–Trinajstić information content (AvgIpc) is 2.62. The van der Waals surface area contributed by atoms with E-state index < -0.39 is 5.97 Å². The summed E-state index contributed by atoms with van der Waals surface area (Å²) in [4.78, 5) is 10.7. The molecule has 0 saturated carbocycles. The molecule has 1 aliphatic heterocycles. The summed E-state index contributed by atoms with van der Waals surface area (Å²) in [6, 6.07) is 0.123. The highest BCUT2D eigenvalue weighted by molar-refractivity contribution is 5.88. The Balaban J connectivity index is 2.21. The second-order valence-corrected chi connectivity index (χ2v) is 3.49. The molecule has 0 radical (unpaired) electrons. The standard InChI is InChI=1S/C9H12N2O4/c12-7-5-11(10-8(7)9(13)14)6-1-3-15-4-2-6/h5-6,12H,1-4H2,(H,13,14). The van der Waals surface area contributed by atoms with Gasteiger partial charge >= 0.3 is 5.97 Å². The molecule has 15 heavy (non-hydrogen) atoms. The maximum atomic E-state index is 10.7. The molecule has 0 amide bonds. The van der Waals surface area contributed by atoms with Crippen LogP contribution in [0.25, 0.3) is 0 Å². The van der Waals surface area contributed by atoms with E-state index in [2.05, 4.69) is 5.10 Å². The molecule has 1 aliphatic rings. The van der Waals surface area contributed by atoms with E-state index in [1.165, 1.54) is 10.9 Å². The van der Waals surface area contributed by atoms with E-state index in [1.807, 2.05) is 0 Å². The van der Waals surface area contributed by atoms with E-state index in [-0.39, 0.29) is 17.5 Å². The average molecular weight is 212 g/mol. The van der Waals surface area contributed by atoms with Crippen molar-refractivity contribution in [3.05, 3.63) is 11.9 Å². The molecule has 1 saturated heterocycles. The fourth-order valence-corrected chi connectivity index (χ4v) is 1.67. The number of rotatable bonds is 2. The SMILES string of the molecule is O=C(O)c1nn(C2CCOCC2)cc1O. The second-order valence-electron chi connectivity index (χ2n) is 3.49. The number of hydrogen-bond acceptors (Lipinski definition) is 4. The van der Waals surface area contributed by atoms with Crippen LogP contribution in [0.4, 0.5) is 0 Å². The Kier molecular flexibility index (Phi) is 2.59. The van der Waals surface area contributed by atoms with Crippen molar-refractivity contribution in [3.63, 3.8) is 0 Å². The highest BCUT2D eigenvalue weighted by Crippen LogP contribution is 2.24. The van der Waals surface area contributed by atoms with E-state index in [0.29, 0.717) is 13.2 Å². The molecule has 0 spiro atoms. The van der Waals surface area contributed by atoms with Crippen LogP contribution in [0.3, 0.4) is 0 Å². The van der Waals surface area contributed by atoms with Crippen molar-refractivity contribution < 1.29 is 19.7 Å². The molecule has 1 fully saturated rings. The summed E-state index contributed by atoms with van der Waals surface area (Å²) >= 11 is 0. The number of nitrogens with zero attached hydrogens (tertiary/aromatic N) is 2. The summed E-state index contributed by atoms with van der Waals surface area (Å²) in [5.74, 6) is -1.49. The van der Waals surface area contributed by atoms with Gasteiger partial charge in [-0.05, 0) is 12.8 Å². The molecule has 82 valence electrons. The minimum absolute atomic E-state index is 0.123. The Morgan fingerprint density at radius 1 is 1.53 bits per heavy atom. The van der Waals surface area contributed by atoms with Gasteiger partial charge in [-0.2, -0.15) is 5.10 Å². The van der Waals surface area contributed by atoms with Gasteiger partial charge in [0.25, 0.3) is 0 Å². The van der Waals surface area contributed by atoms with Gasteiger partial charge in [-0.15, -0.1) is 0 Å². The molecule has 0 aliphatic carbocycles. The lowest BCUT2D eigenvalue weighted by Gasteiger charge is -2.21. The zero-order valence-electron chi connectivity index (χ0n) is 8.09. The number of aromatic hydroxyl groups is 1. The highest BCUT2D eigenvalue weighted by atomic mass is 16.5. The number of carboxylic acids is 1. The van der Waals surface area contributed by atoms with Crippen LogP contribution >= 0.6 is 0 Å². The topological polar surface area (TPSA) is 84.6 Å². The van der Waals surface area contributed by atoms with Gasteiger partial charge in [-0.1, -0.05) is 0 Å². The van der Waals surface area contributed by atoms with E-state index in [9.17, 15) is 9.90 Å². The largest absolute Gasteiger partial charge is 0.504 e. The first-order valence-corrected chi connectivity index (χ1v) is 4.77. The Bertz CT molecular complexity index is 368. The monoisotopic (exact) mass is 212 g/mol. The zero-order valence-corrected chi connectivity index (χ0v) is 8.09. The third-order valence-electron chi connectivity index (χ3n) is 2.48. The van der Waals surface area contributed by atoms with Crippen LogP contribution < -0.4 is 0 Å². The minimum atomic E-state index is -1.21. The molecular formula is C9H12N2O4. The molecule has 2 heterocycles. The summed E-state index contributed by atoms with van der Waals surface area (Å²) in [7, 11) is 0. The minimum Gasteiger partial charge on any atom is -0.504 e. The lowest BCUT2D eigenvalue weighted by atomic mass is 10.1. The summed E-state index contributed by atoms with van der Waals surface area (Å²) in [5.41, 5.74) is -0.290. The summed E-state index contributed by atoms with van der Waals surface area (Å²) in [6.45, 7) is 1.29. The van der Waals surface area contributed by atoms with E-state index in [1.54, 1.807) is 0 Å². The van der Waals surface area contributed by atoms with Crippen LogP contribution in [-0.2, 0) is 4.74 Å². The Morgan fingerprint density at radius 3 is 2.73 bits per heavy atom. The van der Waals surface area contributed by atoms with Crippen LogP contribution in [0.1, 0.15) is 29.4 Å². The van der Waals surface area contributed by atoms with E-state index in [0.717, 1.165) is 12.8 Å². The smallest absolute Gasteiger partial charge is 0.360 e. The van der Waals surface area contributed by atoms with Crippen molar-refractivity contribution >= 4 is 5.97 Å². The Hall–Kier alpha value is -1.56. The number of aromatic carboxylic acids is 1. The van der Waals surface area contributed by atoms with Gasteiger partial charge in [0.15, 0.2) is 5.75 Å². The fourth-order valence-electron chi connectivity index (χ4n) is 1.67. The highest BCUT2D eigenvalue weighted by Gasteiger charge is 2.21. The fraction of sp³-hybridized carbons (Fsp3) is 0.556. The first-order chi connectivity index (χ1) is 7.18. The van der Waals surface area contributed by atoms with Crippen molar-refractivity contribution in [1.82, 2.24) is 9.78 Å². The van der Waals surface area contributed by atoms with E-state index in [4.69, 9.17) is 9.84 Å². The summed E-state index contributed by atoms with van der Waals surface area (Å²) in [5, 5.41) is 21.9. The number of ether oxygens (including phenoxy) is 1. The molecule has 0 unspecified atom stereocenters. The third kappa shape index (κ3) is 1.94. The first kappa shape index (κ1) is 9.97. The van der Waals surface area contributed by atoms with Crippen LogP contribution in [0.5, 0.6) is 5.75 Å². The van der Waals surface area contributed by atoms with Gasteiger partial charge in [-0.3, -0.25) is 4.68 Å². The number of carbonyl (C=O) groups is 1. The van der Waals surface area contributed by atoms with Gasteiger partial charge in [-0.25, -0.2) is 4.79 Å². The predicted octanol–water partition coefficient (Wildman–Crippen LogP) is 0.638. The normalized spacial score (nSPS) is 17.9. The maximum Gasteiger partial charge on any atom is 0.360 e. The van der Waals surface area contributed by atoms with Crippen molar-refractivity contribution in [2.24, 2.45) is 0 Å². The van der Waals surface area contributed by atoms with Crippen molar-refractivity contribution in [2.45, 2.75) is 18.9 Å². The molecule has 1 aromatic rings. The van der Waals surface area contributed by atoms with E-state index >= 15 is 0 Å². The molecule has 1 aromatic heterocycles. The molecule has 0 aromatic carbocycles. The number of hydrogen-bond donors (Lipinski definition) is 2. The maximum absolute atomic E-state index is 10.7. The number of carboxylic acid groups (broad SMARTS) is 1. The lowest BCUT2D eigenvalue weighted by molar-refractivity contribution is 0.0645. The summed E-state index contributed by atoms with van der Waals surface area (Å²) < 4.78 is 6.70. The van der Waals surface area contributed by atoms with Gasteiger partial charge in [0, 0.05) is 13.2 Å². The Morgan fingerprint density at radius 2 is 2.20 bits per heavy atom. The van der Waals surface area contributed by atoms with Crippen molar-refractivity contribution in [1.29, 1.82) is 0 Å². The molecule has 2 rings (SSSR count). The predicted molar refractivity (Wildman–Crippen MR) is 49.9 cm³/mol. The second kappa shape index (κ2) is 3.90. The zero-order chi connectivity index (χ0) is 10.8. The van der Waals surface area contributed by atoms with Crippen molar-refractivity contribution in [2.75, 3.05) is 13.2 Å². The van der Waals surface area contributed by atoms with Gasteiger partial charge in [0.2, 0.25) is 5.69 Å². The molecule has 6 nitrogen and oxygen atoms in total. The van der Waals surface area contributed by atoms with Gasteiger partial charge in [0.1, 0.15) is 0 Å². The van der Waals surface area contributed by atoms with Crippen LogP contribution in [0, 0.1) is 0 Å². The lowest BCUT2D eigenvalue weighted by Crippen LogP contribution is -2.20. The molecular weight excluding hydrogens is 200 g/mol. The van der Waals surface area contributed by atoms with Crippen LogP contribution in [0.15, 0.2) is 6.20 Å². The Labute approximate surface area is 86.1 Å². The number of aromatic nitrogens is 2. The van der Waals surface area contributed by atoms with Gasteiger partial charge in [0.05, 0.1) is 12.2 Å². The molecule has 0 atom stereocenters. The first-order valence-electron chi connectivity index (χ1n) is 4.77. The molecule has 6 heteroatoms.